The Morgan fingerprint density at radius 1 is 1.53 bits per heavy atom. The molecular weight excluding hydrogens is 312 g/mol. The number of carboxylic acid groups (broad SMARTS) is 1. The van der Waals surface area contributed by atoms with Crippen molar-refractivity contribution in [3.05, 3.63) is 22.7 Å². The number of nitrogens with zero attached hydrogens (tertiary/aromatic N) is 1. The van der Waals surface area contributed by atoms with Gasteiger partial charge in [-0.15, -0.1) is 0 Å². The zero-order valence-electron chi connectivity index (χ0n) is 10.7. The Balaban J connectivity index is 2.44. The van der Waals surface area contributed by atoms with E-state index in [0.29, 0.717) is 5.69 Å². The highest BCUT2D eigenvalue weighted by atomic mass is 79.9. The van der Waals surface area contributed by atoms with E-state index in [2.05, 4.69) is 21.2 Å². The normalized spacial score (nSPS) is 14.9. The number of hydrogen-bond acceptors (Lipinski definition) is 3. The fourth-order valence-electron chi connectivity index (χ4n) is 2.26. The molecule has 0 fully saturated rings. The van der Waals surface area contributed by atoms with Crippen molar-refractivity contribution >= 4 is 39.2 Å². The minimum atomic E-state index is -0.882. The van der Waals surface area contributed by atoms with Crippen LogP contribution in [0.25, 0.3) is 0 Å². The lowest BCUT2D eigenvalue weighted by atomic mass is 9.95. The van der Waals surface area contributed by atoms with Gasteiger partial charge in [0.25, 0.3) is 0 Å². The van der Waals surface area contributed by atoms with E-state index in [1.807, 2.05) is 30.9 Å². The number of carbonyl (C=O) groups is 2. The monoisotopic (exact) mass is 326 g/mol. The number of amides is 1. The van der Waals surface area contributed by atoms with Gasteiger partial charge in [0, 0.05) is 10.0 Å². The molecule has 2 N–H and O–H groups in total. The third-order valence-corrected chi connectivity index (χ3v) is 3.63. The summed E-state index contributed by atoms with van der Waals surface area (Å²) in [6.07, 6.45) is -0.0355. The Morgan fingerprint density at radius 3 is 2.84 bits per heavy atom. The molecule has 1 aromatic carbocycles. The number of rotatable bonds is 3. The van der Waals surface area contributed by atoms with Crippen LogP contribution in [-0.2, 0) is 9.59 Å². The van der Waals surface area contributed by atoms with Crippen LogP contribution in [0.15, 0.2) is 22.7 Å². The van der Waals surface area contributed by atoms with Gasteiger partial charge < -0.3 is 15.3 Å². The smallest absolute Gasteiger partial charge is 0.305 e. The van der Waals surface area contributed by atoms with E-state index in [9.17, 15) is 9.59 Å². The number of halogens is 1. The fourth-order valence-corrected chi connectivity index (χ4v) is 2.61. The van der Waals surface area contributed by atoms with Crippen LogP contribution < -0.4 is 10.2 Å². The van der Waals surface area contributed by atoms with Crippen molar-refractivity contribution in [1.82, 2.24) is 0 Å². The van der Waals surface area contributed by atoms with E-state index in [1.54, 1.807) is 6.07 Å². The summed E-state index contributed by atoms with van der Waals surface area (Å²) in [6, 6.07) is 5.53. The molecule has 0 radical (unpaired) electrons. The molecule has 0 aliphatic carbocycles. The van der Waals surface area contributed by atoms with Crippen LogP contribution in [0.3, 0.4) is 0 Å². The molecule has 2 rings (SSSR count). The highest BCUT2D eigenvalue weighted by Gasteiger charge is 2.35. The lowest BCUT2D eigenvalue weighted by Gasteiger charge is -2.42. The van der Waals surface area contributed by atoms with Crippen molar-refractivity contribution in [2.24, 2.45) is 0 Å². The largest absolute Gasteiger partial charge is 0.481 e. The number of benzene rings is 1. The molecule has 0 saturated carbocycles. The third-order valence-electron chi connectivity index (χ3n) is 3.14. The average molecular weight is 327 g/mol. The number of anilines is 2. The summed E-state index contributed by atoms with van der Waals surface area (Å²) in [5.74, 6) is -1.01. The molecule has 0 saturated heterocycles. The van der Waals surface area contributed by atoms with E-state index in [0.717, 1.165) is 10.2 Å². The Hall–Kier alpha value is -1.56. The summed E-state index contributed by atoms with van der Waals surface area (Å²) in [6.45, 7) is 3.80. The van der Waals surface area contributed by atoms with Gasteiger partial charge in [0.05, 0.1) is 24.3 Å². The van der Waals surface area contributed by atoms with E-state index < -0.39 is 11.5 Å². The maximum absolute atomic E-state index is 11.7. The molecular formula is C13H15BrN2O3. The fraction of sp³-hybridized carbons (Fsp3) is 0.385. The van der Waals surface area contributed by atoms with Crippen molar-refractivity contribution in [1.29, 1.82) is 0 Å². The first-order valence-corrected chi connectivity index (χ1v) is 6.68. The van der Waals surface area contributed by atoms with Gasteiger partial charge in [0.2, 0.25) is 5.91 Å². The first kappa shape index (κ1) is 13.9. The molecule has 1 aliphatic rings. The molecule has 19 heavy (non-hydrogen) atoms. The zero-order valence-corrected chi connectivity index (χ0v) is 12.3. The maximum atomic E-state index is 11.7. The van der Waals surface area contributed by atoms with E-state index in [-0.39, 0.29) is 18.9 Å². The van der Waals surface area contributed by atoms with Gasteiger partial charge in [-0.25, -0.2) is 0 Å². The predicted octanol–water partition coefficient (Wildman–Crippen LogP) is 2.46. The summed E-state index contributed by atoms with van der Waals surface area (Å²) in [5, 5.41) is 11.8. The van der Waals surface area contributed by atoms with E-state index in [4.69, 9.17) is 5.11 Å². The van der Waals surface area contributed by atoms with Crippen LogP contribution in [0.4, 0.5) is 11.4 Å². The number of aliphatic carboxylic acids is 1. The van der Waals surface area contributed by atoms with Crippen LogP contribution in [0, 0.1) is 0 Å². The summed E-state index contributed by atoms with van der Waals surface area (Å²) in [4.78, 5) is 24.6. The molecule has 5 nitrogen and oxygen atoms in total. The minimum Gasteiger partial charge on any atom is -0.481 e. The SMILES string of the molecule is CC(C)(CC(=O)O)N1CC(=O)Nc2ccc(Br)cc21. The van der Waals surface area contributed by atoms with Gasteiger partial charge in [-0.1, -0.05) is 15.9 Å². The lowest BCUT2D eigenvalue weighted by Crippen LogP contribution is -2.51. The molecule has 1 aliphatic heterocycles. The Labute approximate surface area is 119 Å². The maximum Gasteiger partial charge on any atom is 0.305 e. The number of carbonyl (C=O) groups excluding carboxylic acids is 1. The molecule has 0 aromatic heterocycles. The highest BCUT2D eigenvalue weighted by molar-refractivity contribution is 9.10. The topological polar surface area (TPSA) is 69.6 Å². The highest BCUT2D eigenvalue weighted by Crippen LogP contribution is 2.37. The molecule has 0 atom stereocenters. The third kappa shape index (κ3) is 2.89. The number of nitrogens with one attached hydrogen (secondary N) is 1. The summed E-state index contributed by atoms with van der Waals surface area (Å²) >= 11 is 3.39. The zero-order chi connectivity index (χ0) is 14.2. The number of hydrogen-bond donors (Lipinski definition) is 2. The standard InChI is InChI=1S/C13H15BrN2O3/c1-13(2,6-12(18)19)16-7-11(17)15-9-4-3-8(14)5-10(9)16/h3-5H,6-7H2,1-2H3,(H,15,17)(H,18,19). The molecule has 1 amide bonds. The first-order chi connectivity index (χ1) is 8.79. The Kier molecular flexibility index (Phi) is 3.54. The van der Waals surface area contributed by atoms with Crippen LogP contribution in [0.5, 0.6) is 0 Å². The van der Waals surface area contributed by atoms with Gasteiger partial charge in [-0.2, -0.15) is 0 Å². The van der Waals surface area contributed by atoms with Gasteiger partial charge in [0.15, 0.2) is 0 Å². The summed E-state index contributed by atoms with van der Waals surface area (Å²) in [7, 11) is 0. The number of carboxylic acids is 1. The second-order valence-electron chi connectivity index (χ2n) is 5.18. The number of fused-ring (bicyclic) bond motifs is 1. The van der Waals surface area contributed by atoms with E-state index >= 15 is 0 Å². The van der Waals surface area contributed by atoms with Crippen LogP contribution >= 0.6 is 15.9 Å². The Morgan fingerprint density at radius 2 is 2.21 bits per heavy atom. The van der Waals surface area contributed by atoms with E-state index in [1.165, 1.54) is 0 Å². The quantitative estimate of drug-likeness (QED) is 0.895. The second kappa shape index (κ2) is 4.85. The van der Waals surface area contributed by atoms with Gasteiger partial charge in [-0.05, 0) is 32.0 Å². The molecule has 102 valence electrons. The summed E-state index contributed by atoms with van der Waals surface area (Å²) in [5.41, 5.74) is 0.900. The van der Waals surface area contributed by atoms with Gasteiger partial charge >= 0.3 is 5.97 Å². The van der Waals surface area contributed by atoms with Crippen molar-refractivity contribution in [3.8, 4) is 0 Å². The van der Waals surface area contributed by atoms with Crippen LogP contribution in [0.1, 0.15) is 20.3 Å². The van der Waals surface area contributed by atoms with Crippen molar-refractivity contribution in [2.75, 3.05) is 16.8 Å². The first-order valence-electron chi connectivity index (χ1n) is 5.88. The van der Waals surface area contributed by atoms with Crippen LogP contribution in [0.2, 0.25) is 0 Å². The van der Waals surface area contributed by atoms with Crippen molar-refractivity contribution in [3.63, 3.8) is 0 Å². The molecule has 0 spiro atoms. The summed E-state index contributed by atoms with van der Waals surface area (Å²) < 4.78 is 0.888. The van der Waals surface area contributed by atoms with Crippen molar-refractivity contribution < 1.29 is 14.7 Å². The Bertz CT molecular complexity index is 543. The second-order valence-corrected chi connectivity index (χ2v) is 6.09. The average Bonchev–Trinajstić information content (AvgIpc) is 2.27. The minimum absolute atomic E-state index is 0.0355. The molecule has 0 bridgehead atoms. The predicted molar refractivity (Wildman–Crippen MR) is 76.4 cm³/mol. The van der Waals surface area contributed by atoms with Gasteiger partial charge in [0.1, 0.15) is 0 Å². The molecule has 0 unspecified atom stereocenters. The van der Waals surface area contributed by atoms with Crippen LogP contribution in [-0.4, -0.2) is 29.1 Å². The molecule has 6 heteroatoms. The van der Waals surface area contributed by atoms with Gasteiger partial charge in [-0.3, -0.25) is 9.59 Å². The molecule has 1 heterocycles. The lowest BCUT2D eigenvalue weighted by molar-refractivity contribution is -0.138. The van der Waals surface area contributed by atoms with Crippen molar-refractivity contribution in [2.45, 2.75) is 25.8 Å². The molecule has 1 aromatic rings.